The Balaban J connectivity index is 1.32. The van der Waals surface area contributed by atoms with Crippen LogP contribution in [-0.4, -0.2) is 54.9 Å². The predicted molar refractivity (Wildman–Crippen MR) is 126 cm³/mol. The van der Waals surface area contributed by atoms with Gasteiger partial charge in [-0.15, -0.1) is 0 Å². The van der Waals surface area contributed by atoms with E-state index in [0.717, 1.165) is 50.0 Å². The van der Waals surface area contributed by atoms with E-state index in [-0.39, 0.29) is 6.03 Å². The van der Waals surface area contributed by atoms with E-state index in [0.29, 0.717) is 36.8 Å². The fourth-order valence-corrected chi connectivity index (χ4v) is 4.87. The van der Waals surface area contributed by atoms with Crippen molar-refractivity contribution in [2.24, 2.45) is 0 Å². The smallest absolute Gasteiger partial charge is 0.319 e. The Bertz CT molecular complexity index is 1030. The molecule has 2 atom stereocenters. The van der Waals surface area contributed by atoms with E-state index < -0.39 is 12.1 Å². The number of urea groups is 1. The molecule has 0 aromatic heterocycles. The first kappa shape index (κ1) is 21.8. The number of fused-ring (bicyclic) bond motifs is 2. The molecule has 1 aliphatic carbocycles. The zero-order valence-corrected chi connectivity index (χ0v) is 18.8. The molecule has 0 unspecified atom stereocenters. The van der Waals surface area contributed by atoms with Crippen molar-refractivity contribution in [3.8, 4) is 11.5 Å². The third kappa shape index (κ3) is 4.99. The number of allylic oxidation sites excluding steroid dienone is 1. The molecule has 3 aliphatic rings. The second kappa shape index (κ2) is 9.85. The Kier molecular flexibility index (Phi) is 6.51. The highest BCUT2D eigenvalue weighted by Crippen LogP contribution is 2.33. The topological polar surface area (TPSA) is 83.1 Å². The number of rotatable bonds is 6. The maximum absolute atomic E-state index is 13.0. The molecule has 0 bridgehead atoms. The SMILES string of the molecule is O=C(NC1=CCCc2ccccc21)N[C@H](CN1CCCC1)[C@H](O)c1ccc2c(c1)OCCO2. The number of hydrogen-bond donors (Lipinski definition) is 3. The lowest BCUT2D eigenvalue weighted by atomic mass is 9.95. The average molecular weight is 450 g/mol. The summed E-state index contributed by atoms with van der Waals surface area (Å²) in [5, 5.41) is 17.3. The minimum Gasteiger partial charge on any atom is -0.486 e. The molecule has 1 fully saturated rings. The third-order valence-corrected chi connectivity index (χ3v) is 6.58. The van der Waals surface area contributed by atoms with Gasteiger partial charge in [0.05, 0.1) is 6.04 Å². The summed E-state index contributed by atoms with van der Waals surface area (Å²) in [7, 11) is 0. The van der Waals surface area contributed by atoms with Crippen molar-refractivity contribution in [3.63, 3.8) is 0 Å². The van der Waals surface area contributed by atoms with Crippen molar-refractivity contribution in [2.75, 3.05) is 32.8 Å². The van der Waals surface area contributed by atoms with E-state index in [2.05, 4.69) is 27.7 Å². The van der Waals surface area contributed by atoms with Gasteiger partial charge in [-0.25, -0.2) is 4.79 Å². The Morgan fingerprint density at radius 1 is 1.06 bits per heavy atom. The van der Waals surface area contributed by atoms with Crippen LogP contribution in [0, 0.1) is 0 Å². The zero-order chi connectivity index (χ0) is 22.6. The normalized spacial score (nSPS) is 19.2. The maximum Gasteiger partial charge on any atom is 0.319 e. The number of aliphatic hydroxyl groups is 1. The van der Waals surface area contributed by atoms with E-state index in [9.17, 15) is 9.90 Å². The number of amides is 2. The molecule has 0 radical (unpaired) electrons. The van der Waals surface area contributed by atoms with Crippen molar-refractivity contribution in [1.82, 2.24) is 15.5 Å². The summed E-state index contributed by atoms with van der Waals surface area (Å²) in [6.45, 7) is 3.55. The monoisotopic (exact) mass is 449 g/mol. The highest BCUT2D eigenvalue weighted by atomic mass is 16.6. The van der Waals surface area contributed by atoms with Gasteiger partial charge < -0.3 is 30.1 Å². The quantitative estimate of drug-likeness (QED) is 0.631. The van der Waals surface area contributed by atoms with E-state index in [1.165, 1.54) is 5.56 Å². The molecule has 2 heterocycles. The molecule has 2 amide bonds. The van der Waals surface area contributed by atoms with Gasteiger partial charge in [0.25, 0.3) is 0 Å². The molecule has 5 rings (SSSR count). The summed E-state index contributed by atoms with van der Waals surface area (Å²) in [5.41, 5.74) is 3.82. The number of nitrogens with zero attached hydrogens (tertiary/aromatic N) is 1. The summed E-state index contributed by atoms with van der Waals surface area (Å²) in [6, 6.07) is 12.9. The molecule has 2 aliphatic heterocycles. The van der Waals surface area contributed by atoms with Crippen LogP contribution in [0.4, 0.5) is 4.79 Å². The van der Waals surface area contributed by atoms with E-state index in [1.807, 2.05) is 36.4 Å². The number of likely N-dealkylation sites (tertiary alicyclic amines) is 1. The second-order valence-electron chi connectivity index (χ2n) is 8.87. The van der Waals surface area contributed by atoms with Crippen molar-refractivity contribution in [3.05, 3.63) is 65.2 Å². The van der Waals surface area contributed by atoms with Gasteiger partial charge >= 0.3 is 6.03 Å². The summed E-state index contributed by atoms with van der Waals surface area (Å²) in [4.78, 5) is 15.3. The summed E-state index contributed by atoms with van der Waals surface area (Å²) >= 11 is 0. The first-order valence-corrected chi connectivity index (χ1v) is 11.8. The van der Waals surface area contributed by atoms with Crippen LogP contribution in [0.3, 0.4) is 0 Å². The Morgan fingerprint density at radius 3 is 2.70 bits per heavy atom. The Morgan fingerprint density at radius 2 is 1.85 bits per heavy atom. The largest absolute Gasteiger partial charge is 0.486 e. The van der Waals surface area contributed by atoms with Crippen LogP contribution in [0.2, 0.25) is 0 Å². The van der Waals surface area contributed by atoms with Gasteiger partial charge in [-0.2, -0.15) is 0 Å². The average Bonchev–Trinajstić information content (AvgIpc) is 3.36. The van der Waals surface area contributed by atoms with Crippen molar-refractivity contribution in [2.45, 2.75) is 37.8 Å². The highest BCUT2D eigenvalue weighted by molar-refractivity contribution is 5.86. The van der Waals surface area contributed by atoms with Crippen LogP contribution in [0.25, 0.3) is 5.70 Å². The van der Waals surface area contributed by atoms with Gasteiger partial charge in [-0.05, 0) is 62.0 Å². The lowest BCUT2D eigenvalue weighted by Crippen LogP contribution is -2.49. The number of aliphatic hydroxyl groups excluding tert-OH is 1. The number of carbonyl (C=O) groups excluding carboxylic acids is 1. The molecular formula is C26H31N3O4. The predicted octanol–water partition coefficient (Wildman–Crippen LogP) is 3.24. The molecule has 7 nitrogen and oxygen atoms in total. The molecule has 1 saturated heterocycles. The Labute approximate surface area is 194 Å². The number of nitrogens with one attached hydrogen (secondary N) is 2. The number of benzene rings is 2. The summed E-state index contributed by atoms with van der Waals surface area (Å²) in [5.74, 6) is 1.31. The minimum atomic E-state index is -0.875. The first-order valence-electron chi connectivity index (χ1n) is 11.8. The number of aryl methyl sites for hydroxylation is 1. The van der Waals surface area contributed by atoms with E-state index >= 15 is 0 Å². The molecule has 174 valence electrons. The molecule has 3 N–H and O–H groups in total. The number of carbonyl (C=O) groups is 1. The van der Waals surface area contributed by atoms with Crippen LogP contribution in [0.5, 0.6) is 11.5 Å². The van der Waals surface area contributed by atoms with E-state index in [4.69, 9.17) is 9.47 Å². The molecule has 2 aromatic rings. The molecule has 2 aromatic carbocycles. The van der Waals surface area contributed by atoms with Gasteiger partial charge in [-0.1, -0.05) is 36.4 Å². The minimum absolute atomic E-state index is 0.307. The third-order valence-electron chi connectivity index (χ3n) is 6.58. The van der Waals surface area contributed by atoms with Crippen molar-refractivity contribution in [1.29, 1.82) is 0 Å². The van der Waals surface area contributed by atoms with Crippen LogP contribution in [0.15, 0.2) is 48.5 Å². The molecule has 7 heteroatoms. The fourth-order valence-electron chi connectivity index (χ4n) is 4.87. The van der Waals surface area contributed by atoms with Gasteiger partial charge in [0.15, 0.2) is 11.5 Å². The summed E-state index contributed by atoms with van der Waals surface area (Å²) in [6.07, 6.45) is 5.34. The maximum atomic E-state index is 13.0. The van der Waals surface area contributed by atoms with Crippen LogP contribution in [0.1, 0.15) is 42.1 Å². The lowest BCUT2D eigenvalue weighted by molar-refractivity contribution is 0.109. The molecule has 0 spiro atoms. The van der Waals surface area contributed by atoms with Crippen molar-refractivity contribution < 1.29 is 19.4 Å². The van der Waals surface area contributed by atoms with Crippen LogP contribution in [-0.2, 0) is 6.42 Å². The number of ether oxygens (including phenoxy) is 2. The van der Waals surface area contributed by atoms with Crippen LogP contribution >= 0.6 is 0 Å². The zero-order valence-electron chi connectivity index (χ0n) is 18.8. The second-order valence-corrected chi connectivity index (χ2v) is 8.87. The summed E-state index contributed by atoms with van der Waals surface area (Å²) < 4.78 is 11.3. The van der Waals surface area contributed by atoms with Crippen LogP contribution < -0.4 is 20.1 Å². The fraction of sp³-hybridized carbons (Fsp3) is 0.423. The standard InChI is InChI=1S/C26H31N3O4/c30-25(19-10-11-23-24(16-19)33-15-14-32-23)22(17-29-12-3-4-13-29)28-26(31)27-21-9-5-7-18-6-1-2-8-20(18)21/h1-2,6,8-11,16,22,25,30H,3-5,7,12-15,17H2,(H2,27,28,31)/t22-,25-/m1/s1. The molecular weight excluding hydrogens is 418 g/mol. The number of hydrogen-bond acceptors (Lipinski definition) is 5. The van der Waals surface area contributed by atoms with Gasteiger partial charge in [0.2, 0.25) is 0 Å². The highest BCUT2D eigenvalue weighted by Gasteiger charge is 2.28. The molecule has 33 heavy (non-hydrogen) atoms. The van der Waals surface area contributed by atoms with Gasteiger partial charge in [0.1, 0.15) is 19.3 Å². The lowest BCUT2D eigenvalue weighted by Gasteiger charge is -2.30. The van der Waals surface area contributed by atoms with E-state index in [1.54, 1.807) is 0 Å². The molecule has 0 saturated carbocycles. The van der Waals surface area contributed by atoms with Crippen molar-refractivity contribution >= 4 is 11.7 Å². The first-order chi connectivity index (χ1) is 16.2. The van der Waals surface area contributed by atoms with Gasteiger partial charge in [-0.3, -0.25) is 0 Å². The van der Waals surface area contributed by atoms with Gasteiger partial charge in [0, 0.05) is 17.8 Å². The Hall–Kier alpha value is -3.03.